The summed E-state index contributed by atoms with van der Waals surface area (Å²) in [6, 6.07) is 15.0. The predicted molar refractivity (Wildman–Crippen MR) is 93.5 cm³/mol. The normalized spacial score (nSPS) is 13.8. The smallest absolute Gasteiger partial charge is 0.271 e. The van der Waals surface area contributed by atoms with E-state index in [9.17, 15) is 4.79 Å². The van der Waals surface area contributed by atoms with Crippen LogP contribution in [-0.2, 0) is 0 Å². The predicted octanol–water partition coefficient (Wildman–Crippen LogP) is 3.28. The zero-order valence-electron chi connectivity index (χ0n) is 13.1. The third-order valence-electron chi connectivity index (χ3n) is 3.42. The van der Waals surface area contributed by atoms with Crippen molar-refractivity contribution in [3.63, 3.8) is 0 Å². The van der Waals surface area contributed by atoms with Crippen LogP contribution in [0.3, 0.4) is 0 Å². The molecular weight excluding hydrogens is 304 g/mol. The minimum absolute atomic E-state index is 0.296. The molecule has 1 N–H and O–H groups in total. The second-order valence-electron chi connectivity index (χ2n) is 5.20. The summed E-state index contributed by atoms with van der Waals surface area (Å²) < 4.78 is 11.1. The molecule has 0 spiro atoms. The van der Waals surface area contributed by atoms with Crippen molar-refractivity contribution in [1.82, 2.24) is 5.43 Å². The zero-order valence-corrected chi connectivity index (χ0v) is 13.1. The van der Waals surface area contributed by atoms with Crippen LogP contribution in [0.4, 0.5) is 0 Å². The van der Waals surface area contributed by atoms with E-state index in [0.717, 1.165) is 12.0 Å². The highest BCUT2D eigenvalue weighted by molar-refractivity contribution is 5.95. The highest BCUT2D eigenvalue weighted by Crippen LogP contribution is 2.30. The van der Waals surface area contributed by atoms with Gasteiger partial charge in [0.15, 0.2) is 11.5 Å². The molecule has 1 amide bonds. The number of carbonyl (C=O) groups is 1. The average Bonchev–Trinajstić information content (AvgIpc) is 2.87. The first-order valence-electron chi connectivity index (χ1n) is 7.78. The monoisotopic (exact) mass is 322 g/mol. The summed E-state index contributed by atoms with van der Waals surface area (Å²) in [4.78, 5) is 12.1. The molecule has 5 heteroatoms. The number of allylic oxidation sites excluding steroid dienone is 1. The Balaban J connectivity index is 1.58. The molecule has 0 aromatic heterocycles. The third-order valence-corrected chi connectivity index (χ3v) is 3.42. The van der Waals surface area contributed by atoms with E-state index in [1.54, 1.807) is 24.3 Å². The number of nitrogens with zero attached hydrogens (tertiary/aromatic N) is 1. The Morgan fingerprint density at radius 1 is 1.04 bits per heavy atom. The number of hydrogen-bond acceptors (Lipinski definition) is 4. The first-order chi connectivity index (χ1) is 11.8. The highest BCUT2D eigenvalue weighted by atomic mass is 16.5. The molecule has 5 nitrogen and oxygen atoms in total. The van der Waals surface area contributed by atoms with Crippen LogP contribution in [-0.4, -0.2) is 25.3 Å². The Labute approximate surface area is 140 Å². The molecule has 0 atom stereocenters. The topological polar surface area (TPSA) is 59.9 Å². The first-order valence-corrected chi connectivity index (χ1v) is 7.78. The standard InChI is InChI=1S/C19H18N2O3/c22-19(21-20-11-4-8-15-6-2-1-3-7-15)16-9-10-17-18(14-16)24-13-5-12-23-17/h1-4,6-11,14H,5,12-13H2,(H,21,22)/b8-4+,20-11+. The van der Waals surface area contributed by atoms with Gasteiger partial charge in [-0.2, -0.15) is 5.10 Å². The molecule has 0 unspecified atom stereocenters. The minimum atomic E-state index is -0.296. The fourth-order valence-corrected chi connectivity index (χ4v) is 2.23. The summed E-state index contributed by atoms with van der Waals surface area (Å²) in [5.41, 5.74) is 4.03. The first kappa shape index (κ1) is 15.8. The maximum atomic E-state index is 12.1. The van der Waals surface area contributed by atoms with Gasteiger partial charge in [0.2, 0.25) is 0 Å². The minimum Gasteiger partial charge on any atom is -0.490 e. The quantitative estimate of drug-likeness (QED) is 0.694. The lowest BCUT2D eigenvalue weighted by atomic mass is 10.2. The van der Waals surface area contributed by atoms with Gasteiger partial charge in [-0.25, -0.2) is 5.43 Å². The van der Waals surface area contributed by atoms with Crippen LogP contribution in [0.5, 0.6) is 11.5 Å². The van der Waals surface area contributed by atoms with Crippen molar-refractivity contribution in [1.29, 1.82) is 0 Å². The molecule has 0 saturated heterocycles. The lowest BCUT2D eigenvalue weighted by Crippen LogP contribution is -2.17. The van der Waals surface area contributed by atoms with Gasteiger partial charge in [-0.15, -0.1) is 0 Å². The van der Waals surface area contributed by atoms with Gasteiger partial charge in [0.1, 0.15) is 0 Å². The van der Waals surface area contributed by atoms with Crippen LogP contribution in [0.1, 0.15) is 22.3 Å². The van der Waals surface area contributed by atoms with Crippen molar-refractivity contribution in [2.24, 2.45) is 5.10 Å². The largest absolute Gasteiger partial charge is 0.490 e. The number of fused-ring (bicyclic) bond motifs is 1. The van der Waals surface area contributed by atoms with E-state index in [-0.39, 0.29) is 5.91 Å². The molecule has 1 aliphatic rings. The Kier molecular flexibility index (Phi) is 5.24. The summed E-state index contributed by atoms with van der Waals surface area (Å²) in [5, 5.41) is 3.91. The van der Waals surface area contributed by atoms with Gasteiger partial charge in [-0.05, 0) is 29.8 Å². The number of nitrogens with one attached hydrogen (secondary N) is 1. The maximum absolute atomic E-state index is 12.1. The van der Waals surface area contributed by atoms with Gasteiger partial charge >= 0.3 is 0 Å². The van der Waals surface area contributed by atoms with E-state index >= 15 is 0 Å². The number of ether oxygens (including phenoxy) is 2. The molecule has 24 heavy (non-hydrogen) atoms. The van der Waals surface area contributed by atoms with E-state index < -0.39 is 0 Å². The molecule has 2 aromatic rings. The van der Waals surface area contributed by atoms with Crippen molar-refractivity contribution in [3.8, 4) is 11.5 Å². The van der Waals surface area contributed by atoms with E-state index in [4.69, 9.17) is 9.47 Å². The Bertz CT molecular complexity index is 754. The summed E-state index contributed by atoms with van der Waals surface area (Å²) >= 11 is 0. The van der Waals surface area contributed by atoms with E-state index in [1.165, 1.54) is 6.21 Å². The summed E-state index contributed by atoms with van der Waals surface area (Å²) in [6.07, 6.45) is 6.04. The molecule has 1 aliphatic heterocycles. The zero-order chi connectivity index (χ0) is 16.6. The van der Waals surface area contributed by atoms with Crippen LogP contribution in [0.2, 0.25) is 0 Å². The van der Waals surface area contributed by atoms with Crippen molar-refractivity contribution in [2.75, 3.05) is 13.2 Å². The molecule has 0 aliphatic carbocycles. The lowest BCUT2D eigenvalue weighted by Gasteiger charge is -2.08. The number of benzene rings is 2. The Morgan fingerprint density at radius 3 is 2.67 bits per heavy atom. The summed E-state index contributed by atoms with van der Waals surface area (Å²) in [5.74, 6) is 0.960. The van der Waals surface area contributed by atoms with Crippen molar-refractivity contribution >= 4 is 18.2 Å². The average molecular weight is 322 g/mol. The van der Waals surface area contributed by atoms with Gasteiger partial charge in [-0.1, -0.05) is 36.4 Å². The molecule has 1 heterocycles. The van der Waals surface area contributed by atoms with Crippen LogP contribution in [0.25, 0.3) is 6.08 Å². The maximum Gasteiger partial charge on any atom is 0.271 e. The van der Waals surface area contributed by atoms with Crippen LogP contribution in [0.15, 0.2) is 59.7 Å². The number of rotatable bonds is 4. The fourth-order valence-electron chi connectivity index (χ4n) is 2.23. The Hall–Kier alpha value is -3.08. The van der Waals surface area contributed by atoms with Gasteiger partial charge in [0.25, 0.3) is 5.91 Å². The lowest BCUT2D eigenvalue weighted by molar-refractivity contribution is 0.0954. The number of carbonyl (C=O) groups excluding carboxylic acids is 1. The van der Waals surface area contributed by atoms with Crippen LogP contribution < -0.4 is 14.9 Å². The highest BCUT2D eigenvalue weighted by Gasteiger charge is 2.13. The molecule has 3 rings (SSSR count). The van der Waals surface area contributed by atoms with Crippen molar-refractivity contribution in [2.45, 2.75) is 6.42 Å². The van der Waals surface area contributed by atoms with Gasteiger partial charge in [0.05, 0.1) is 13.2 Å². The molecule has 0 bridgehead atoms. The SMILES string of the molecule is O=C(N/N=C/C=C/c1ccccc1)c1ccc2c(c1)OCCCO2. The number of hydrazone groups is 1. The van der Waals surface area contributed by atoms with E-state index in [2.05, 4.69) is 10.5 Å². The molecular formula is C19H18N2O3. The number of hydrogen-bond donors (Lipinski definition) is 1. The van der Waals surface area contributed by atoms with Gasteiger partial charge < -0.3 is 9.47 Å². The van der Waals surface area contributed by atoms with Crippen LogP contribution in [0, 0.1) is 0 Å². The third kappa shape index (κ3) is 4.23. The van der Waals surface area contributed by atoms with Gasteiger partial charge in [0, 0.05) is 18.2 Å². The fraction of sp³-hybridized carbons (Fsp3) is 0.158. The molecule has 0 saturated carbocycles. The van der Waals surface area contributed by atoms with Crippen molar-refractivity contribution < 1.29 is 14.3 Å². The summed E-state index contributed by atoms with van der Waals surface area (Å²) in [6.45, 7) is 1.21. The van der Waals surface area contributed by atoms with E-state index in [1.807, 2.05) is 36.4 Å². The molecule has 122 valence electrons. The van der Waals surface area contributed by atoms with Crippen molar-refractivity contribution in [3.05, 3.63) is 65.7 Å². The Morgan fingerprint density at radius 2 is 1.83 bits per heavy atom. The van der Waals surface area contributed by atoms with Crippen LogP contribution >= 0.6 is 0 Å². The number of amides is 1. The molecule has 0 radical (unpaired) electrons. The summed E-state index contributed by atoms with van der Waals surface area (Å²) in [7, 11) is 0. The molecule has 0 fully saturated rings. The second kappa shape index (κ2) is 7.97. The molecule has 2 aromatic carbocycles. The van der Waals surface area contributed by atoms with Gasteiger partial charge in [-0.3, -0.25) is 4.79 Å². The van der Waals surface area contributed by atoms with E-state index in [0.29, 0.717) is 30.3 Å². The second-order valence-corrected chi connectivity index (χ2v) is 5.20.